The maximum absolute atomic E-state index is 12.0. The van der Waals surface area contributed by atoms with E-state index in [2.05, 4.69) is 13.0 Å². The quantitative estimate of drug-likeness (QED) is 0.640. The third kappa shape index (κ3) is 2.93. The van der Waals surface area contributed by atoms with E-state index in [9.17, 15) is 4.79 Å². The SMILES string of the molecule is CC1CCC(C(=O)CC2=CCCC2)CC1. The zero-order valence-corrected chi connectivity index (χ0v) is 9.80. The second kappa shape index (κ2) is 4.96. The molecule has 0 unspecified atom stereocenters. The summed E-state index contributed by atoms with van der Waals surface area (Å²) >= 11 is 0. The summed E-state index contributed by atoms with van der Waals surface area (Å²) in [7, 11) is 0. The van der Waals surface area contributed by atoms with Crippen molar-refractivity contribution in [2.45, 2.75) is 58.3 Å². The van der Waals surface area contributed by atoms with E-state index >= 15 is 0 Å². The lowest BCUT2D eigenvalue weighted by Gasteiger charge is -2.25. The highest BCUT2D eigenvalue weighted by Gasteiger charge is 2.24. The molecular formula is C14H22O. The molecule has 2 aliphatic carbocycles. The molecule has 0 bridgehead atoms. The Balaban J connectivity index is 1.80. The van der Waals surface area contributed by atoms with Crippen LogP contribution in [0.5, 0.6) is 0 Å². The molecule has 15 heavy (non-hydrogen) atoms. The van der Waals surface area contributed by atoms with Gasteiger partial charge in [0.2, 0.25) is 0 Å². The lowest BCUT2D eigenvalue weighted by Crippen LogP contribution is -2.20. The molecule has 0 amide bonds. The Labute approximate surface area is 92.9 Å². The highest BCUT2D eigenvalue weighted by atomic mass is 16.1. The van der Waals surface area contributed by atoms with Crippen LogP contribution in [-0.4, -0.2) is 5.78 Å². The third-order valence-electron chi connectivity index (χ3n) is 4.01. The Bertz CT molecular complexity index is 257. The molecule has 0 atom stereocenters. The Kier molecular flexibility index (Phi) is 3.61. The molecule has 0 radical (unpaired) electrons. The van der Waals surface area contributed by atoms with Crippen molar-refractivity contribution in [1.82, 2.24) is 0 Å². The monoisotopic (exact) mass is 206 g/mol. The van der Waals surface area contributed by atoms with E-state index in [1.807, 2.05) is 0 Å². The zero-order chi connectivity index (χ0) is 10.7. The van der Waals surface area contributed by atoms with Gasteiger partial charge in [0.25, 0.3) is 0 Å². The Morgan fingerprint density at radius 3 is 2.67 bits per heavy atom. The van der Waals surface area contributed by atoms with Gasteiger partial charge in [0.05, 0.1) is 0 Å². The van der Waals surface area contributed by atoms with Crippen LogP contribution in [0.15, 0.2) is 11.6 Å². The molecule has 1 fully saturated rings. The number of carbonyl (C=O) groups is 1. The highest BCUT2D eigenvalue weighted by molar-refractivity contribution is 5.83. The molecule has 1 heteroatoms. The van der Waals surface area contributed by atoms with E-state index in [4.69, 9.17) is 0 Å². The van der Waals surface area contributed by atoms with Crippen LogP contribution in [0.4, 0.5) is 0 Å². The lowest BCUT2D eigenvalue weighted by atomic mass is 9.79. The fraction of sp³-hybridized carbons (Fsp3) is 0.786. The van der Waals surface area contributed by atoms with Crippen molar-refractivity contribution in [3.63, 3.8) is 0 Å². The molecular weight excluding hydrogens is 184 g/mol. The molecule has 0 aliphatic heterocycles. The van der Waals surface area contributed by atoms with Crippen LogP contribution in [0.2, 0.25) is 0 Å². The van der Waals surface area contributed by atoms with Crippen molar-refractivity contribution in [3.8, 4) is 0 Å². The van der Waals surface area contributed by atoms with Crippen LogP contribution in [-0.2, 0) is 4.79 Å². The molecule has 0 N–H and O–H groups in total. The number of ketones is 1. The molecule has 0 spiro atoms. The van der Waals surface area contributed by atoms with Crippen molar-refractivity contribution < 1.29 is 4.79 Å². The molecule has 84 valence electrons. The zero-order valence-electron chi connectivity index (χ0n) is 9.80. The fourth-order valence-corrected chi connectivity index (χ4v) is 2.85. The summed E-state index contributed by atoms with van der Waals surface area (Å²) in [5, 5.41) is 0. The van der Waals surface area contributed by atoms with Gasteiger partial charge >= 0.3 is 0 Å². The van der Waals surface area contributed by atoms with Crippen molar-refractivity contribution >= 4 is 5.78 Å². The smallest absolute Gasteiger partial charge is 0.139 e. The largest absolute Gasteiger partial charge is 0.299 e. The lowest BCUT2D eigenvalue weighted by molar-refractivity contribution is -0.123. The van der Waals surface area contributed by atoms with Crippen molar-refractivity contribution in [3.05, 3.63) is 11.6 Å². The molecule has 2 rings (SSSR count). The van der Waals surface area contributed by atoms with E-state index < -0.39 is 0 Å². The maximum atomic E-state index is 12.0. The average molecular weight is 206 g/mol. The summed E-state index contributed by atoms with van der Waals surface area (Å²) in [5.74, 6) is 1.76. The van der Waals surface area contributed by atoms with Crippen LogP contribution in [0.3, 0.4) is 0 Å². The minimum atomic E-state index is 0.391. The Morgan fingerprint density at radius 1 is 1.33 bits per heavy atom. The first-order valence-corrected chi connectivity index (χ1v) is 6.46. The van der Waals surface area contributed by atoms with E-state index in [0.29, 0.717) is 11.7 Å². The normalized spacial score (nSPS) is 31.4. The maximum Gasteiger partial charge on any atom is 0.139 e. The molecule has 2 aliphatic rings. The van der Waals surface area contributed by atoms with Gasteiger partial charge in [-0.3, -0.25) is 4.79 Å². The first kappa shape index (κ1) is 10.9. The minimum absolute atomic E-state index is 0.391. The van der Waals surface area contributed by atoms with Crippen molar-refractivity contribution in [2.24, 2.45) is 11.8 Å². The van der Waals surface area contributed by atoms with Gasteiger partial charge in [-0.25, -0.2) is 0 Å². The van der Waals surface area contributed by atoms with Gasteiger partial charge < -0.3 is 0 Å². The predicted octanol–water partition coefficient (Wildman–Crippen LogP) is 3.88. The van der Waals surface area contributed by atoms with Gasteiger partial charge in [0.1, 0.15) is 5.78 Å². The van der Waals surface area contributed by atoms with Crippen LogP contribution in [0, 0.1) is 11.8 Å². The van der Waals surface area contributed by atoms with Crippen LogP contribution in [0.1, 0.15) is 58.3 Å². The Morgan fingerprint density at radius 2 is 2.07 bits per heavy atom. The second-order valence-corrected chi connectivity index (χ2v) is 5.35. The molecule has 0 aromatic carbocycles. The molecule has 0 saturated heterocycles. The summed E-state index contributed by atoms with van der Waals surface area (Å²) in [6.07, 6.45) is 11.5. The summed E-state index contributed by atoms with van der Waals surface area (Å²) < 4.78 is 0. The standard InChI is InChI=1S/C14H22O/c1-11-6-8-13(9-7-11)14(15)10-12-4-2-3-5-12/h4,11,13H,2-3,5-10H2,1H3. The molecule has 1 nitrogen and oxygen atoms in total. The molecule has 0 heterocycles. The van der Waals surface area contributed by atoms with Crippen LogP contribution >= 0.6 is 0 Å². The molecule has 0 aromatic heterocycles. The average Bonchev–Trinajstić information content (AvgIpc) is 2.71. The van der Waals surface area contributed by atoms with E-state index in [1.54, 1.807) is 0 Å². The number of hydrogen-bond donors (Lipinski definition) is 0. The summed E-state index contributed by atoms with van der Waals surface area (Å²) in [6, 6.07) is 0. The van der Waals surface area contributed by atoms with E-state index in [1.165, 1.54) is 37.7 Å². The van der Waals surface area contributed by atoms with Crippen molar-refractivity contribution in [2.75, 3.05) is 0 Å². The van der Waals surface area contributed by atoms with Crippen molar-refractivity contribution in [1.29, 1.82) is 0 Å². The second-order valence-electron chi connectivity index (χ2n) is 5.35. The molecule has 1 saturated carbocycles. The minimum Gasteiger partial charge on any atom is -0.299 e. The number of allylic oxidation sites excluding steroid dienone is 2. The first-order valence-electron chi connectivity index (χ1n) is 6.46. The van der Waals surface area contributed by atoms with E-state index in [0.717, 1.165) is 25.2 Å². The van der Waals surface area contributed by atoms with Gasteiger partial charge in [0, 0.05) is 12.3 Å². The van der Waals surface area contributed by atoms with Gasteiger partial charge in [-0.15, -0.1) is 0 Å². The first-order chi connectivity index (χ1) is 7.25. The van der Waals surface area contributed by atoms with Crippen LogP contribution < -0.4 is 0 Å². The molecule has 0 aromatic rings. The van der Waals surface area contributed by atoms with Gasteiger partial charge in [0.15, 0.2) is 0 Å². The summed E-state index contributed by atoms with van der Waals surface area (Å²) in [4.78, 5) is 12.0. The van der Waals surface area contributed by atoms with Gasteiger partial charge in [-0.1, -0.05) is 31.4 Å². The predicted molar refractivity (Wildman–Crippen MR) is 62.7 cm³/mol. The van der Waals surface area contributed by atoms with Crippen LogP contribution in [0.25, 0.3) is 0 Å². The Hall–Kier alpha value is -0.590. The van der Waals surface area contributed by atoms with Gasteiger partial charge in [-0.05, 0) is 38.0 Å². The number of Topliss-reactive ketones (excluding diaryl/α,β-unsaturated/α-hetero) is 1. The fourth-order valence-electron chi connectivity index (χ4n) is 2.85. The number of rotatable bonds is 3. The number of carbonyl (C=O) groups excluding carboxylic acids is 1. The summed E-state index contributed by atoms with van der Waals surface area (Å²) in [5.41, 5.74) is 1.42. The van der Waals surface area contributed by atoms with E-state index in [-0.39, 0.29) is 0 Å². The number of hydrogen-bond acceptors (Lipinski definition) is 1. The third-order valence-corrected chi connectivity index (χ3v) is 4.01. The van der Waals surface area contributed by atoms with Gasteiger partial charge in [-0.2, -0.15) is 0 Å². The topological polar surface area (TPSA) is 17.1 Å². The highest BCUT2D eigenvalue weighted by Crippen LogP contribution is 2.31. The summed E-state index contributed by atoms with van der Waals surface area (Å²) in [6.45, 7) is 2.31.